The van der Waals surface area contributed by atoms with Gasteiger partial charge in [0.1, 0.15) is 0 Å². The van der Waals surface area contributed by atoms with Crippen LogP contribution in [0.5, 0.6) is 0 Å². The predicted octanol–water partition coefficient (Wildman–Crippen LogP) is 1.94. The van der Waals surface area contributed by atoms with Crippen LogP contribution < -0.4 is 5.32 Å². The molecule has 0 bridgehead atoms. The first-order chi connectivity index (χ1) is 8.56. The molecule has 2 unspecified atom stereocenters. The van der Waals surface area contributed by atoms with Crippen LogP contribution in [0, 0.1) is 5.92 Å². The number of nitrogens with one attached hydrogen (secondary N) is 1. The van der Waals surface area contributed by atoms with Gasteiger partial charge in [0.25, 0.3) is 0 Å². The van der Waals surface area contributed by atoms with Crippen molar-refractivity contribution >= 4 is 11.8 Å². The van der Waals surface area contributed by atoms with Crippen molar-refractivity contribution in [2.75, 3.05) is 13.1 Å². The second-order valence-electron chi connectivity index (χ2n) is 5.34. The number of likely N-dealkylation sites (tertiary alicyclic amines) is 1. The van der Waals surface area contributed by atoms with Crippen molar-refractivity contribution in [2.24, 2.45) is 5.92 Å². The summed E-state index contributed by atoms with van der Waals surface area (Å²) in [6, 6.07) is 0.133. The molecule has 0 aromatic carbocycles. The van der Waals surface area contributed by atoms with Crippen LogP contribution in [0.15, 0.2) is 0 Å². The lowest BCUT2D eigenvalue weighted by Gasteiger charge is -2.38. The molecule has 0 aromatic heterocycles. The van der Waals surface area contributed by atoms with Crippen LogP contribution in [0.25, 0.3) is 0 Å². The number of carbonyl (C=O) groups is 2. The van der Waals surface area contributed by atoms with E-state index >= 15 is 0 Å². The summed E-state index contributed by atoms with van der Waals surface area (Å²) in [6.07, 6.45) is 4.77. The molecule has 1 saturated heterocycles. The van der Waals surface area contributed by atoms with Gasteiger partial charge in [-0.1, -0.05) is 20.3 Å². The molecule has 4 nitrogen and oxygen atoms in total. The molecular formula is C14H26N2O2. The van der Waals surface area contributed by atoms with Crippen molar-refractivity contribution in [3.05, 3.63) is 0 Å². The van der Waals surface area contributed by atoms with E-state index in [0.29, 0.717) is 18.9 Å². The molecule has 0 aliphatic carbocycles. The number of hydrogen-bond acceptors (Lipinski definition) is 2. The zero-order chi connectivity index (χ0) is 13.5. The summed E-state index contributed by atoms with van der Waals surface area (Å²) in [5.74, 6) is 0.759. The van der Waals surface area contributed by atoms with Crippen molar-refractivity contribution in [2.45, 2.75) is 58.9 Å². The molecule has 1 rings (SSSR count). The number of rotatable bonds is 5. The van der Waals surface area contributed by atoms with Gasteiger partial charge in [0.15, 0.2) is 0 Å². The summed E-state index contributed by atoms with van der Waals surface area (Å²) in [7, 11) is 0. The molecule has 4 heteroatoms. The average Bonchev–Trinajstić information content (AvgIpc) is 2.28. The lowest BCUT2D eigenvalue weighted by Crippen LogP contribution is -2.52. The van der Waals surface area contributed by atoms with Gasteiger partial charge in [-0.2, -0.15) is 0 Å². The minimum atomic E-state index is 0.0000361. The Kier molecular flexibility index (Phi) is 6.16. The predicted molar refractivity (Wildman–Crippen MR) is 72.1 cm³/mol. The van der Waals surface area contributed by atoms with Gasteiger partial charge in [-0.05, 0) is 25.2 Å². The Labute approximate surface area is 110 Å². The van der Waals surface area contributed by atoms with E-state index in [1.54, 1.807) is 6.92 Å². The van der Waals surface area contributed by atoms with Crippen LogP contribution in [-0.4, -0.2) is 35.8 Å². The Bertz CT molecular complexity index is 292. The van der Waals surface area contributed by atoms with Gasteiger partial charge < -0.3 is 10.2 Å². The number of piperidine rings is 1. The highest BCUT2D eigenvalue weighted by molar-refractivity contribution is 5.77. The van der Waals surface area contributed by atoms with Crippen LogP contribution in [0.2, 0.25) is 0 Å². The molecule has 1 aliphatic rings. The van der Waals surface area contributed by atoms with Crippen LogP contribution in [0.1, 0.15) is 52.9 Å². The van der Waals surface area contributed by atoms with Crippen molar-refractivity contribution in [3.8, 4) is 0 Å². The molecule has 1 fully saturated rings. The van der Waals surface area contributed by atoms with E-state index in [-0.39, 0.29) is 17.9 Å². The maximum Gasteiger partial charge on any atom is 0.222 e. The van der Waals surface area contributed by atoms with E-state index in [0.717, 1.165) is 32.2 Å². The van der Waals surface area contributed by atoms with Crippen LogP contribution in [0.3, 0.4) is 0 Å². The Morgan fingerprint density at radius 1 is 1.22 bits per heavy atom. The molecular weight excluding hydrogens is 228 g/mol. The van der Waals surface area contributed by atoms with E-state index < -0.39 is 0 Å². The highest BCUT2D eigenvalue weighted by Crippen LogP contribution is 2.22. The second kappa shape index (κ2) is 7.39. The van der Waals surface area contributed by atoms with E-state index in [4.69, 9.17) is 0 Å². The molecule has 2 amide bonds. The van der Waals surface area contributed by atoms with Gasteiger partial charge >= 0.3 is 0 Å². The summed E-state index contributed by atoms with van der Waals surface area (Å²) in [5, 5.41) is 2.96. The Balaban J connectivity index is 2.61. The summed E-state index contributed by atoms with van der Waals surface area (Å²) >= 11 is 0. The third kappa shape index (κ3) is 4.67. The van der Waals surface area contributed by atoms with Gasteiger partial charge in [-0.15, -0.1) is 0 Å². The molecule has 2 atom stereocenters. The maximum absolute atomic E-state index is 12.0. The molecule has 104 valence electrons. The number of carbonyl (C=O) groups excluding carboxylic acids is 2. The summed E-state index contributed by atoms with van der Waals surface area (Å²) < 4.78 is 0. The number of amides is 2. The minimum absolute atomic E-state index is 0.0000361. The zero-order valence-electron chi connectivity index (χ0n) is 11.9. The van der Waals surface area contributed by atoms with E-state index in [9.17, 15) is 9.59 Å². The average molecular weight is 254 g/mol. The fraction of sp³-hybridized carbons (Fsp3) is 0.857. The SMILES string of the molecule is CCCC(=O)N1CC(CCC)CC(NC(C)=O)C1. The summed E-state index contributed by atoms with van der Waals surface area (Å²) in [6.45, 7) is 7.28. The zero-order valence-corrected chi connectivity index (χ0v) is 11.9. The standard InChI is InChI=1S/C14H26N2O2/c1-4-6-12-8-13(15-11(3)17)10-16(9-12)14(18)7-5-2/h12-13H,4-10H2,1-3H3,(H,15,17). The highest BCUT2D eigenvalue weighted by atomic mass is 16.2. The third-order valence-corrected chi connectivity index (χ3v) is 3.46. The largest absolute Gasteiger partial charge is 0.352 e. The minimum Gasteiger partial charge on any atom is -0.352 e. The Morgan fingerprint density at radius 3 is 2.50 bits per heavy atom. The van der Waals surface area contributed by atoms with Gasteiger partial charge in [0, 0.05) is 32.5 Å². The van der Waals surface area contributed by atoms with Gasteiger partial charge in [-0.25, -0.2) is 0 Å². The molecule has 18 heavy (non-hydrogen) atoms. The van der Waals surface area contributed by atoms with Gasteiger partial charge in [0.05, 0.1) is 0 Å². The van der Waals surface area contributed by atoms with E-state index in [2.05, 4.69) is 12.2 Å². The molecule has 0 saturated carbocycles. The molecule has 1 N–H and O–H groups in total. The first-order valence-corrected chi connectivity index (χ1v) is 7.11. The van der Waals surface area contributed by atoms with E-state index in [1.165, 1.54) is 0 Å². The Hall–Kier alpha value is -1.06. The van der Waals surface area contributed by atoms with Crippen molar-refractivity contribution in [1.29, 1.82) is 0 Å². The second-order valence-corrected chi connectivity index (χ2v) is 5.34. The fourth-order valence-electron chi connectivity index (χ4n) is 2.79. The first kappa shape index (κ1) is 15.0. The van der Waals surface area contributed by atoms with Gasteiger partial charge in [0.2, 0.25) is 11.8 Å². The van der Waals surface area contributed by atoms with E-state index in [1.807, 2.05) is 11.8 Å². The van der Waals surface area contributed by atoms with Crippen molar-refractivity contribution < 1.29 is 9.59 Å². The Morgan fingerprint density at radius 2 is 1.94 bits per heavy atom. The third-order valence-electron chi connectivity index (χ3n) is 3.46. The normalized spacial score (nSPS) is 23.8. The van der Waals surface area contributed by atoms with Crippen LogP contribution >= 0.6 is 0 Å². The molecule has 0 aromatic rings. The first-order valence-electron chi connectivity index (χ1n) is 7.11. The van der Waals surface area contributed by atoms with Crippen LogP contribution in [-0.2, 0) is 9.59 Å². The van der Waals surface area contributed by atoms with Crippen LogP contribution in [0.4, 0.5) is 0 Å². The van der Waals surface area contributed by atoms with Gasteiger partial charge in [-0.3, -0.25) is 9.59 Å². The molecule has 1 heterocycles. The van der Waals surface area contributed by atoms with Crippen molar-refractivity contribution in [1.82, 2.24) is 10.2 Å². The number of hydrogen-bond donors (Lipinski definition) is 1. The lowest BCUT2D eigenvalue weighted by molar-refractivity contribution is -0.134. The smallest absolute Gasteiger partial charge is 0.222 e. The maximum atomic E-state index is 12.0. The van der Waals surface area contributed by atoms with Crippen molar-refractivity contribution in [3.63, 3.8) is 0 Å². The quantitative estimate of drug-likeness (QED) is 0.815. The molecule has 0 spiro atoms. The fourth-order valence-corrected chi connectivity index (χ4v) is 2.79. The number of nitrogens with zero attached hydrogens (tertiary/aromatic N) is 1. The molecule has 1 aliphatic heterocycles. The highest BCUT2D eigenvalue weighted by Gasteiger charge is 2.29. The monoisotopic (exact) mass is 254 g/mol. The summed E-state index contributed by atoms with van der Waals surface area (Å²) in [4.78, 5) is 25.1. The topological polar surface area (TPSA) is 49.4 Å². The summed E-state index contributed by atoms with van der Waals surface area (Å²) in [5.41, 5.74) is 0. The lowest BCUT2D eigenvalue weighted by atomic mass is 9.90. The molecule has 0 radical (unpaired) electrons.